The van der Waals surface area contributed by atoms with Gasteiger partial charge in [0.2, 0.25) is 0 Å². The first kappa shape index (κ1) is 14.7. The van der Waals surface area contributed by atoms with Crippen molar-refractivity contribution in [1.82, 2.24) is 0 Å². The van der Waals surface area contributed by atoms with E-state index in [1.54, 1.807) is 6.92 Å². The quantitative estimate of drug-likeness (QED) is 0.709. The summed E-state index contributed by atoms with van der Waals surface area (Å²) in [6.07, 6.45) is 1.40. The normalized spacial score (nSPS) is 9.00. The van der Waals surface area contributed by atoms with Crippen LogP contribution < -0.4 is 4.74 Å². The third-order valence-electron chi connectivity index (χ3n) is 1.96. The predicted molar refractivity (Wildman–Crippen MR) is 67.9 cm³/mol. The van der Waals surface area contributed by atoms with Crippen LogP contribution in [0.5, 0.6) is 5.75 Å². The van der Waals surface area contributed by atoms with E-state index in [1.807, 2.05) is 45.0 Å². The van der Waals surface area contributed by atoms with Crippen molar-refractivity contribution in [2.75, 3.05) is 6.61 Å². The molecule has 0 saturated carbocycles. The molecule has 1 aromatic rings. The van der Waals surface area contributed by atoms with E-state index in [2.05, 4.69) is 0 Å². The van der Waals surface area contributed by atoms with Crippen LogP contribution in [0.3, 0.4) is 0 Å². The Morgan fingerprint density at radius 3 is 2.25 bits per heavy atom. The topological polar surface area (TPSA) is 26.3 Å². The van der Waals surface area contributed by atoms with Crippen molar-refractivity contribution in [3.63, 3.8) is 0 Å². The van der Waals surface area contributed by atoms with E-state index in [4.69, 9.17) is 4.74 Å². The summed E-state index contributed by atoms with van der Waals surface area (Å²) < 4.78 is 5.46. The second kappa shape index (κ2) is 8.96. The molecule has 0 unspecified atom stereocenters. The number of ether oxygens (including phenoxy) is 1. The third kappa shape index (κ3) is 7.04. The van der Waals surface area contributed by atoms with Crippen LogP contribution in [-0.2, 0) is 4.79 Å². The molecule has 0 atom stereocenters. The van der Waals surface area contributed by atoms with Crippen molar-refractivity contribution in [3.05, 3.63) is 29.8 Å². The zero-order valence-electron chi connectivity index (χ0n) is 10.7. The Kier molecular flexibility index (Phi) is 8.22. The van der Waals surface area contributed by atoms with E-state index in [0.29, 0.717) is 13.0 Å². The molecule has 0 amide bonds. The van der Waals surface area contributed by atoms with Crippen molar-refractivity contribution >= 4 is 5.78 Å². The number of carbonyl (C=O) groups is 1. The lowest BCUT2D eigenvalue weighted by atomic mass is 10.2. The molecule has 0 spiro atoms. The van der Waals surface area contributed by atoms with Gasteiger partial charge in [-0.3, -0.25) is 0 Å². The number of rotatable bonds is 5. The monoisotopic (exact) mass is 222 g/mol. The van der Waals surface area contributed by atoms with Gasteiger partial charge in [0.15, 0.2) is 0 Å². The summed E-state index contributed by atoms with van der Waals surface area (Å²) in [5, 5.41) is 0. The lowest BCUT2D eigenvalue weighted by Gasteiger charge is -2.04. The highest BCUT2D eigenvalue weighted by atomic mass is 16.5. The lowest BCUT2D eigenvalue weighted by Crippen LogP contribution is -2.00. The molecular weight excluding hydrogens is 200 g/mol. The van der Waals surface area contributed by atoms with Crippen molar-refractivity contribution in [1.29, 1.82) is 0 Å². The minimum Gasteiger partial charge on any atom is -0.494 e. The summed E-state index contributed by atoms with van der Waals surface area (Å²) >= 11 is 0. The van der Waals surface area contributed by atoms with Gasteiger partial charge in [0.1, 0.15) is 11.5 Å². The maximum atomic E-state index is 10.6. The van der Waals surface area contributed by atoms with Crippen LogP contribution in [0.2, 0.25) is 0 Å². The largest absolute Gasteiger partial charge is 0.494 e. The average molecular weight is 222 g/mol. The molecule has 0 fully saturated rings. The van der Waals surface area contributed by atoms with Gasteiger partial charge >= 0.3 is 0 Å². The summed E-state index contributed by atoms with van der Waals surface area (Å²) in [6.45, 7) is 8.26. The molecule has 2 heteroatoms. The van der Waals surface area contributed by atoms with Crippen LogP contribution in [-0.4, -0.2) is 12.4 Å². The van der Waals surface area contributed by atoms with Gasteiger partial charge in [-0.05, 0) is 32.4 Å². The number of carbonyl (C=O) groups excluding carboxylic acids is 1. The molecule has 0 aromatic heterocycles. The van der Waals surface area contributed by atoms with E-state index in [0.717, 1.165) is 12.2 Å². The second-order valence-electron chi connectivity index (χ2n) is 3.47. The van der Waals surface area contributed by atoms with Crippen LogP contribution in [0.1, 0.15) is 39.2 Å². The maximum absolute atomic E-state index is 10.6. The van der Waals surface area contributed by atoms with Gasteiger partial charge in [0, 0.05) is 6.42 Å². The van der Waals surface area contributed by atoms with Crippen LogP contribution >= 0.6 is 0 Å². The maximum Gasteiger partial charge on any atom is 0.129 e. The zero-order chi connectivity index (χ0) is 12.4. The van der Waals surface area contributed by atoms with E-state index in [-0.39, 0.29) is 5.78 Å². The Balaban J connectivity index is 0.00000106. The molecule has 2 nitrogen and oxygen atoms in total. The number of ketones is 1. The minimum atomic E-state index is 0.220. The third-order valence-corrected chi connectivity index (χ3v) is 1.96. The van der Waals surface area contributed by atoms with Gasteiger partial charge in [-0.25, -0.2) is 0 Å². The van der Waals surface area contributed by atoms with Crippen LogP contribution in [0.25, 0.3) is 0 Å². The highest BCUT2D eigenvalue weighted by molar-refractivity contribution is 5.75. The predicted octanol–water partition coefficient (Wildman–Crippen LogP) is 3.77. The molecule has 0 bridgehead atoms. The Morgan fingerprint density at radius 1 is 1.19 bits per heavy atom. The molecule has 0 heterocycles. The van der Waals surface area contributed by atoms with E-state index >= 15 is 0 Å². The number of hydrogen-bond donors (Lipinski definition) is 0. The summed E-state index contributed by atoms with van der Waals surface area (Å²) in [5.74, 6) is 1.09. The average Bonchev–Trinajstić information content (AvgIpc) is 2.29. The number of hydrogen-bond acceptors (Lipinski definition) is 2. The zero-order valence-corrected chi connectivity index (χ0v) is 10.7. The van der Waals surface area contributed by atoms with E-state index < -0.39 is 0 Å². The van der Waals surface area contributed by atoms with Gasteiger partial charge in [0.05, 0.1) is 6.61 Å². The Morgan fingerprint density at radius 2 is 1.75 bits per heavy atom. The molecular formula is C14H22O2. The summed E-state index contributed by atoms with van der Waals surface area (Å²) in [7, 11) is 0. The summed E-state index contributed by atoms with van der Waals surface area (Å²) in [6, 6.07) is 7.92. The SMILES string of the molecule is CC.CC(=O)CCCOc1ccc(C)cc1. The highest BCUT2D eigenvalue weighted by Gasteiger charge is 1.95. The first-order valence-electron chi connectivity index (χ1n) is 5.87. The van der Waals surface area contributed by atoms with Gasteiger partial charge in [0.25, 0.3) is 0 Å². The fourth-order valence-corrected chi connectivity index (χ4v) is 1.15. The van der Waals surface area contributed by atoms with Crippen molar-refractivity contribution in [2.45, 2.75) is 40.5 Å². The van der Waals surface area contributed by atoms with Crippen molar-refractivity contribution in [2.24, 2.45) is 0 Å². The van der Waals surface area contributed by atoms with Crippen LogP contribution in [0.4, 0.5) is 0 Å². The molecule has 0 radical (unpaired) electrons. The molecule has 90 valence electrons. The fourth-order valence-electron chi connectivity index (χ4n) is 1.15. The Labute approximate surface area is 98.6 Å². The van der Waals surface area contributed by atoms with Gasteiger partial charge < -0.3 is 9.53 Å². The molecule has 16 heavy (non-hydrogen) atoms. The summed E-state index contributed by atoms with van der Waals surface area (Å²) in [5.41, 5.74) is 1.22. The van der Waals surface area contributed by atoms with Crippen LogP contribution in [0, 0.1) is 6.92 Å². The highest BCUT2D eigenvalue weighted by Crippen LogP contribution is 2.11. The van der Waals surface area contributed by atoms with Gasteiger partial charge in [-0.15, -0.1) is 0 Å². The Bertz CT molecular complexity index is 288. The van der Waals surface area contributed by atoms with Crippen molar-refractivity contribution in [3.8, 4) is 5.75 Å². The summed E-state index contributed by atoms with van der Waals surface area (Å²) in [4.78, 5) is 10.6. The molecule has 0 N–H and O–H groups in total. The molecule has 0 saturated heterocycles. The molecule has 0 aliphatic heterocycles. The van der Waals surface area contributed by atoms with E-state index in [9.17, 15) is 4.79 Å². The van der Waals surface area contributed by atoms with Crippen molar-refractivity contribution < 1.29 is 9.53 Å². The minimum absolute atomic E-state index is 0.220. The van der Waals surface area contributed by atoms with Crippen LogP contribution in [0.15, 0.2) is 24.3 Å². The molecule has 0 aliphatic carbocycles. The van der Waals surface area contributed by atoms with Gasteiger partial charge in [-0.1, -0.05) is 31.5 Å². The number of benzene rings is 1. The first-order valence-corrected chi connectivity index (χ1v) is 5.87. The second-order valence-corrected chi connectivity index (χ2v) is 3.47. The standard InChI is InChI=1S/C12H16O2.C2H6/c1-10-5-7-12(8-6-10)14-9-3-4-11(2)13;1-2/h5-8H,3-4,9H2,1-2H3;1-2H3. The lowest BCUT2D eigenvalue weighted by molar-refractivity contribution is -0.117. The van der Waals surface area contributed by atoms with E-state index in [1.165, 1.54) is 5.56 Å². The fraction of sp³-hybridized carbons (Fsp3) is 0.500. The Hall–Kier alpha value is -1.31. The molecule has 0 aliphatic rings. The molecule has 1 aromatic carbocycles. The number of aryl methyl sites for hydroxylation is 1. The number of Topliss-reactive ketones (excluding diaryl/α,β-unsaturated/α-hetero) is 1. The first-order chi connectivity index (χ1) is 7.68. The molecule has 1 rings (SSSR count). The smallest absolute Gasteiger partial charge is 0.129 e. The van der Waals surface area contributed by atoms with Gasteiger partial charge in [-0.2, -0.15) is 0 Å².